The number of hydrogen-bond acceptors (Lipinski definition) is 8. The molecule has 1 aromatic heterocycles. The van der Waals surface area contributed by atoms with Gasteiger partial charge in [0.25, 0.3) is 5.91 Å². The van der Waals surface area contributed by atoms with Gasteiger partial charge >= 0.3 is 0 Å². The van der Waals surface area contributed by atoms with E-state index < -0.39 is 0 Å². The molecule has 0 saturated heterocycles. The standard InChI is InChI=1S/C34H30N4O5/c1-22-6-4-7-23(16-22)10-15-30(39)24-11-13-25(14-12-24)37-33(40)20-43-32-18-28-29(19-31(32)42-3)35-21-36-34(28)38-26-8-5-9-27(17-26)41-2/h4-19,21H,20H2,1-3H3,(H,37,40)(H,35,36,38)/b15-10+. The second-order valence-electron chi connectivity index (χ2n) is 9.63. The molecule has 0 atom stereocenters. The van der Waals surface area contributed by atoms with Gasteiger partial charge in [0.05, 0.1) is 19.7 Å². The second-order valence-corrected chi connectivity index (χ2v) is 9.63. The van der Waals surface area contributed by atoms with Crippen LogP contribution in [0.1, 0.15) is 21.5 Å². The highest BCUT2D eigenvalue weighted by atomic mass is 16.5. The Kier molecular flexibility index (Phi) is 8.92. The van der Waals surface area contributed by atoms with Gasteiger partial charge in [-0.1, -0.05) is 42.0 Å². The van der Waals surface area contributed by atoms with Crippen LogP contribution in [-0.2, 0) is 4.79 Å². The van der Waals surface area contributed by atoms with Crippen LogP contribution in [0, 0.1) is 6.92 Å². The van der Waals surface area contributed by atoms with Crippen molar-refractivity contribution in [1.82, 2.24) is 9.97 Å². The van der Waals surface area contributed by atoms with Crippen molar-refractivity contribution in [3.05, 3.63) is 114 Å². The molecule has 0 radical (unpaired) electrons. The van der Waals surface area contributed by atoms with Gasteiger partial charge in [-0.3, -0.25) is 9.59 Å². The number of benzene rings is 4. The van der Waals surface area contributed by atoms with Crippen molar-refractivity contribution in [3.63, 3.8) is 0 Å². The van der Waals surface area contributed by atoms with Gasteiger partial charge in [-0.15, -0.1) is 0 Å². The van der Waals surface area contributed by atoms with Crippen LogP contribution in [-0.4, -0.2) is 42.5 Å². The average molecular weight is 575 g/mol. The molecule has 0 spiro atoms. The first-order chi connectivity index (χ1) is 20.9. The first-order valence-corrected chi connectivity index (χ1v) is 13.5. The lowest BCUT2D eigenvalue weighted by Gasteiger charge is -2.14. The van der Waals surface area contributed by atoms with Crippen molar-refractivity contribution in [2.45, 2.75) is 6.92 Å². The monoisotopic (exact) mass is 574 g/mol. The molecule has 43 heavy (non-hydrogen) atoms. The van der Waals surface area contributed by atoms with Crippen LogP contribution in [0.2, 0.25) is 0 Å². The third-order valence-corrected chi connectivity index (χ3v) is 6.53. The smallest absolute Gasteiger partial charge is 0.262 e. The van der Waals surface area contributed by atoms with E-state index in [1.165, 1.54) is 19.5 Å². The van der Waals surface area contributed by atoms with Crippen LogP contribution in [0.15, 0.2) is 97.3 Å². The summed E-state index contributed by atoms with van der Waals surface area (Å²) in [5.74, 6) is 1.53. The van der Waals surface area contributed by atoms with Crippen LogP contribution in [0.3, 0.4) is 0 Å². The number of aryl methyl sites for hydroxylation is 1. The van der Waals surface area contributed by atoms with Crippen molar-refractivity contribution in [3.8, 4) is 17.2 Å². The molecule has 0 unspecified atom stereocenters. The summed E-state index contributed by atoms with van der Waals surface area (Å²) in [5.41, 5.74) is 4.55. The summed E-state index contributed by atoms with van der Waals surface area (Å²) < 4.78 is 16.6. The lowest BCUT2D eigenvalue weighted by atomic mass is 10.1. The lowest BCUT2D eigenvalue weighted by molar-refractivity contribution is -0.118. The van der Waals surface area contributed by atoms with Gasteiger partial charge in [0.15, 0.2) is 23.9 Å². The topological polar surface area (TPSA) is 112 Å². The summed E-state index contributed by atoms with van der Waals surface area (Å²) in [4.78, 5) is 34.0. The van der Waals surface area contributed by atoms with Gasteiger partial charge in [-0.2, -0.15) is 0 Å². The number of aromatic nitrogens is 2. The first kappa shape index (κ1) is 28.8. The molecule has 0 aliphatic rings. The third-order valence-electron chi connectivity index (χ3n) is 6.53. The quantitative estimate of drug-likeness (QED) is 0.134. The molecule has 4 aromatic carbocycles. The Hall–Kier alpha value is -5.70. The lowest BCUT2D eigenvalue weighted by Crippen LogP contribution is -2.20. The summed E-state index contributed by atoms with van der Waals surface area (Å²) in [6.45, 7) is 1.73. The minimum Gasteiger partial charge on any atom is -0.497 e. The minimum absolute atomic E-state index is 0.129. The highest BCUT2D eigenvalue weighted by molar-refractivity contribution is 6.07. The zero-order valence-electron chi connectivity index (χ0n) is 24.0. The number of rotatable bonds is 11. The van der Waals surface area contributed by atoms with Crippen LogP contribution in [0.25, 0.3) is 17.0 Å². The average Bonchev–Trinajstić information content (AvgIpc) is 3.03. The van der Waals surface area contributed by atoms with E-state index in [1.54, 1.807) is 49.6 Å². The molecule has 5 rings (SSSR count). The number of methoxy groups -OCH3 is 2. The molecule has 0 fully saturated rings. The summed E-state index contributed by atoms with van der Waals surface area (Å²) in [5, 5.41) is 6.75. The van der Waals surface area contributed by atoms with Crippen molar-refractivity contribution in [2.24, 2.45) is 0 Å². The van der Waals surface area contributed by atoms with E-state index >= 15 is 0 Å². The zero-order chi connectivity index (χ0) is 30.2. The summed E-state index contributed by atoms with van der Waals surface area (Å²) >= 11 is 0. The number of carbonyl (C=O) groups is 2. The van der Waals surface area contributed by atoms with Gasteiger partial charge in [0.2, 0.25) is 0 Å². The Bertz CT molecular complexity index is 1800. The van der Waals surface area contributed by atoms with E-state index in [2.05, 4.69) is 20.6 Å². The maximum absolute atomic E-state index is 12.7. The molecule has 9 heteroatoms. The molecular formula is C34H30N4O5. The molecule has 9 nitrogen and oxygen atoms in total. The number of hydrogen-bond donors (Lipinski definition) is 2. The van der Waals surface area contributed by atoms with Gasteiger partial charge in [-0.25, -0.2) is 9.97 Å². The van der Waals surface area contributed by atoms with Gasteiger partial charge in [0.1, 0.15) is 17.9 Å². The Morgan fingerprint density at radius 2 is 1.65 bits per heavy atom. The summed E-state index contributed by atoms with van der Waals surface area (Å²) in [6, 6.07) is 25.5. The molecule has 216 valence electrons. The predicted molar refractivity (Wildman–Crippen MR) is 167 cm³/mol. The van der Waals surface area contributed by atoms with Crippen molar-refractivity contribution in [1.29, 1.82) is 0 Å². The highest BCUT2D eigenvalue weighted by Crippen LogP contribution is 2.35. The largest absolute Gasteiger partial charge is 0.497 e. The van der Waals surface area contributed by atoms with E-state index in [0.717, 1.165) is 16.8 Å². The number of fused-ring (bicyclic) bond motifs is 1. The molecule has 5 aromatic rings. The number of ketones is 1. The molecular weight excluding hydrogens is 544 g/mol. The third kappa shape index (κ3) is 7.34. The highest BCUT2D eigenvalue weighted by Gasteiger charge is 2.14. The molecule has 0 aliphatic heterocycles. The molecule has 1 amide bonds. The van der Waals surface area contributed by atoms with Crippen LogP contribution in [0.4, 0.5) is 17.2 Å². The molecule has 0 saturated carbocycles. The Morgan fingerprint density at radius 1 is 0.837 bits per heavy atom. The van der Waals surface area contributed by atoms with Gasteiger partial charge < -0.3 is 24.8 Å². The maximum atomic E-state index is 12.7. The number of ether oxygens (including phenoxy) is 3. The van der Waals surface area contributed by atoms with Crippen LogP contribution >= 0.6 is 0 Å². The minimum atomic E-state index is -0.375. The van der Waals surface area contributed by atoms with Crippen LogP contribution in [0.5, 0.6) is 17.2 Å². The van der Waals surface area contributed by atoms with E-state index in [0.29, 0.717) is 45.2 Å². The fourth-order valence-electron chi connectivity index (χ4n) is 4.37. The number of nitrogens with zero attached hydrogens (tertiary/aromatic N) is 2. The first-order valence-electron chi connectivity index (χ1n) is 13.5. The summed E-state index contributed by atoms with van der Waals surface area (Å²) in [6.07, 6.45) is 4.78. The van der Waals surface area contributed by atoms with Crippen molar-refractivity contribution >= 4 is 45.9 Å². The molecule has 0 aliphatic carbocycles. The SMILES string of the molecule is COc1cccc(Nc2ncnc3cc(OC)c(OCC(=O)Nc4ccc(C(=O)/C=C/c5cccc(C)c5)cc4)cc23)c1. The second kappa shape index (κ2) is 13.3. The Labute approximate surface area is 249 Å². The number of carbonyl (C=O) groups excluding carboxylic acids is 2. The van der Waals surface area contributed by atoms with Crippen LogP contribution < -0.4 is 24.8 Å². The van der Waals surface area contributed by atoms with Gasteiger partial charge in [-0.05, 0) is 61.0 Å². The van der Waals surface area contributed by atoms with E-state index in [1.807, 2.05) is 55.5 Å². The van der Waals surface area contributed by atoms with Gasteiger partial charge in [0, 0.05) is 34.5 Å². The normalized spacial score (nSPS) is 10.9. The Balaban J connectivity index is 1.24. The zero-order valence-corrected chi connectivity index (χ0v) is 24.0. The molecule has 2 N–H and O–H groups in total. The van der Waals surface area contributed by atoms with E-state index in [-0.39, 0.29) is 18.3 Å². The van der Waals surface area contributed by atoms with Crippen molar-refractivity contribution < 1.29 is 23.8 Å². The fraction of sp³-hybridized carbons (Fsp3) is 0.118. The molecule has 0 bridgehead atoms. The molecule has 1 heterocycles. The van der Waals surface area contributed by atoms with E-state index in [9.17, 15) is 9.59 Å². The van der Waals surface area contributed by atoms with E-state index in [4.69, 9.17) is 14.2 Å². The number of nitrogens with one attached hydrogen (secondary N) is 2. The maximum Gasteiger partial charge on any atom is 0.262 e. The number of anilines is 3. The van der Waals surface area contributed by atoms with Crippen molar-refractivity contribution in [2.75, 3.05) is 31.5 Å². The number of allylic oxidation sites excluding steroid dienone is 1. The number of amides is 1. The fourth-order valence-corrected chi connectivity index (χ4v) is 4.37. The predicted octanol–water partition coefficient (Wildman–Crippen LogP) is 6.61. The Morgan fingerprint density at radius 3 is 2.42 bits per heavy atom. The summed E-state index contributed by atoms with van der Waals surface area (Å²) in [7, 11) is 3.12.